The molecule has 0 aliphatic rings. The Balaban J connectivity index is 0. The van der Waals surface area contributed by atoms with E-state index in [2.05, 4.69) is 73.8 Å². The standard InChI is InChI=1S/C15H11.C2H6Si.2FH.Zr/c1-2-6-12(7-3-1)15-10-13-8-4-5-9-14(13)11-15;1-3-2;;;/h1-11H;1-2H3;2*1H;/q-1;;;;+3/p-2. The molecule has 0 atom stereocenters. The molecule has 0 N–H and O–H groups in total. The minimum atomic E-state index is 0. The largest absolute Gasteiger partial charge is 3.00 e. The van der Waals surface area contributed by atoms with Crippen LogP contribution in [0.2, 0.25) is 13.1 Å². The maximum absolute atomic E-state index is 2.24. The monoisotopic (exact) mass is 377 g/mol. The normalized spacial score (nSPS) is 8.48. The summed E-state index contributed by atoms with van der Waals surface area (Å²) in [6.45, 7) is 4.31. The van der Waals surface area contributed by atoms with Gasteiger partial charge in [-0.2, -0.15) is 0 Å². The Morgan fingerprint density at radius 3 is 1.90 bits per heavy atom. The zero-order chi connectivity index (χ0) is 12.8. The van der Waals surface area contributed by atoms with Gasteiger partial charge in [0.15, 0.2) is 0 Å². The summed E-state index contributed by atoms with van der Waals surface area (Å²) in [4.78, 5) is 0. The first-order valence-electron chi connectivity index (χ1n) is 6.14. The molecule has 0 bridgehead atoms. The zero-order valence-electron chi connectivity index (χ0n) is 12.1. The van der Waals surface area contributed by atoms with E-state index >= 15 is 0 Å². The number of hydrogen-bond donors (Lipinski definition) is 0. The quantitative estimate of drug-likeness (QED) is 0.377. The van der Waals surface area contributed by atoms with Gasteiger partial charge in [-0.05, 0) is 0 Å². The molecule has 0 aliphatic heterocycles. The first-order chi connectivity index (χ1) is 8.85. The van der Waals surface area contributed by atoms with Gasteiger partial charge in [0, 0.05) is 9.52 Å². The van der Waals surface area contributed by atoms with Crippen LogP contribution in [0.4, 0.5) is 0 Å². The predicted octanol–water partition coefficient (Wildman–Crippen LogP) is -0.982. The Morgan fingerprint density at radius 1 is 0.810 bits per heavy atom. The second kappa shape index (κ2) is 11.6. The molecule has 0 saturated carbocycles. The van der Waals surface area contributed by atoms with Crippen LogP contribution in [0.1, 0.15) is 0 Å². The van der Waals surface area contributed by atoms with Crippen molar-refractivity contribution in [3.05, 3.63) is 66.7 Å². The van der Waals surface area contributed by atoms with Gasteiger partial charge >= 0.3 is 26.2 Å². The van der Waals surface area contributed by atoms with Crippen LogP contribution in [0.25, 0.3) is 21.9 Å². The van der Waals surface area contributed by atoms with Crippen LogP contribution >= 0.6 is 0 Å². The van der Waals surface area contributed by atoms with Crippen molar-refractivity contribution < 1.29 is 35.6 Å². The Bertz CT molecular complexity index is 575. The summed E-state index contributed by atoms with van der Waals surface area (Å²) in [6, 6.07) is 23.4. The van der Waals surface area contributed by atoms with Crippen molar-refractivity contribution in [1.29, 1.82) is 0 Å². The molecule has 0 aromatic heterocycles. The average Bonchev–Trinajstić information content (AvgIpc) is 2.84. The molecule has 21 heavy (non-hydrogen) atoms. The van der Waals surface area contributed by atoms with E-state index in [-0.39, 0.29) is 35.6 Å². The molecular weight excluding hydrogens is 361 g/mol. The molecule has 0 unspecified atom stereocenters. The minimum absolute atomic E-state index is 0. The van der Waals surface area contributed by atoms with E-state index in [0.29, 0.717) is 0 Å². The summed E-state index contributed by atoms with van der Waals surface area (Å²) >= 11 is 0. The van der Waals surface area contributed by atoms with Crippen LogP contribution in [-0.2, 0) is 26.2 Å². The van der Waals surface area contributed by atoms with Crippen molar-refractivity contribution in [2.24, 2.45) is 0 Å². The van der Waals surface area contributed by atoms with E-state index in [4.69, 9.17) is 0 Å². The van der Waals surface area contributed by atoms with Crippen molar-refractivity contribution in [1.82, 2.24) is 0 Å². The molecule has 3 rings (SSSR count). The molecule has 0 heterocycles. The Morgan fingerprint density at radius 2 is 1.33 bits per heavy atom. The van der Waals surface area contributed by atoms with Crippen molar-refractivity contribution in [2.75, 3.05) is 0 Å². The minimum Gasteiger partial charge on any atom is -1.00 e. The number of hydrogen-bond acceptors (Lipinski definition) is 0. The summed E-state index contributed by atoms with van der Waals surface area (Å²) in [6.07, 6.45) is 0. The van der Waals surface area contributed by atoms with Crippen molar-refractivity contribution in [2.45, 2.75) is 13.1 Å². The van der Waals surface area contributed by atoms with E-state index < -0.39 is 0 Å². The molecule has 3 radical (unpaired) electrons. The molecule has 0 nitrogen and oxygen atoms in total. The molecule has 107 valence electrons. The van der Waals surface area contributed by atoms with Gasteiger partial charge in [-0.25, -0.2) is 0 Å². The number of rotatable bonds is 1. The van der Waals surface area contributed by atoms with E-state index in [9.17, 15) is 0 Å². The van der Waals surface area contributed by atoms with Gasteiger partial charge in [0.1, 0.15) is 0 Å². The Hall–Kier alpha value is -0.990. The summed E-state index contributed by atoms with van der Waals surface area (Å²) in [5.74, 6) is 0. The fraction of sp³-hybridized carbons (Fsp3) is 0.118. The molecule has 0 aliphatic carbocycles. The summed E-state index contributed by atoms with van der Waals surface area (Å²) < 4.78 is 0. The Labute approximate surface area is 146 Å². The van der Waals surface area contributed by atoms with E-state index in [1.54, 1.807) is 0 Å². The smallest absolute Gasteiger partial charge is 1.00 e. The van der Waals surface area contributed by atoms with Crippen LogP contribution < -0.4 is 9.41 Å². The van der Waals surface area contributed by atoms with Gasteiger partial charge < -0.3 is 9.41 Å². The average molecular weight is 379 g/mol. The van der Waals surface area contributed by atoms with Gasteiger partial charge in [-0.3, -0.25) is 0 Å². The van der Waals surface area contributed by atoms with E-state index in [1.807, 2.05) is 6.07 Å². The van der Waals surface area contributed by atoms with Crippen molar-refractivity contribution in [3.8, 4) is 11.1 Å². The third kappa shape index (κ3) is 6.11. The SMILES string of the molecule is C[Si]C.[F-].[F-].[Zr+3].c1ccc(-c2cc3ccccc3[cH-]2)cc1. The van der Waals surface area contributed by atoms with E-state index in [1.165, 1.54) is 21.9 Å². The van der Waals surface area contributed by atoms with Gasteiger partial charge in [0.05, 0.1) is 0 Å². The summed E-state index contributed by atoms with van der Waals surface area (Å²) in [7, 11) is 1.08. The fourth-order valence-corrected chi connectivity index (χ4v) is 1.95. The first kappa shape index (κ1) is 22.3. The van der Waals surface area contributed by atoms with Crippen LogP contribution in [0.3, 0.4) is 0 Å². The van der Waals surface area contributed by atoms with Crippen molar-refractivity contribution in [3.63, 3.8) is 0 Å². The molecule has 0 fully saturated rings. The maximum atomic E-state index is 2.24. The summed E-state index contributed by atoms with van der Waals surface area (Å²) in [5, 5.41) is 2.63. The summed E-state index contributed by atoms with van der Waals surface area (Å²) in [5.41, 5.74) is 2.59. The molecule has 0 spiro atoms. The molecule has 4 heteroatoms. The number of benzene rings is 2. The molecule has 3 aromatic rings. The third-order valence-corrected chi connectivity index (χ3v) is 2.73. The van der Waals surface area contributed by atoms with Crippen LogP contribution in [-0.4, -0.2) is 9.52 Å². The van der Waals surface area contributed by atoms with Gasteiger partial charge in [0.2, 0.25) is 0 Å². The second-order valence-corrected chi connectivity index (χ2v) is 5.24. The van der Waals surface area contributed by atoms with Crippen molar-refractivity contribution >= 4 is 20.3 Å². The number of fused-ring (bicyclic) bond motifs is 1. The molecule has 3 aromatic carbocycles. The molecule has 0 saturated heterocycles. The van der Waals surface area contributed by atoms with Gasteiger partial charge in [-0.1, -0.05) is 67.2 Å². The third-order valence-electron chi connectivity index (χ3n) is 2.73. The molecule has 0 amide bonds. The fourth-order valence-electron chi connectivity index (χ4n) is 1.95. The van der Waals surface area contributed by atoms with Gasteiger partial charge in [0.25, 0.3) is 0 Å². The van der Waals surface area contributed by atoms with Crippen LogP contribution in [0.5, 0.6) is 0 Å². The van der Waals surface area contributed by atoms with E-state index in [0.717, 1.165) is 9.52 Å². The Kier molecular flexibility index (Phi) is 12.4. The predicted molar refractivity (Wildman–Crippen MR) is 82.5 cm³/mol. The van der Waals surface area contributed by atoms with Crippen LogP contribution in [0, 0.1) is 0 Å². The topological polar surface area (TPSA) is 0 Å². The van der Waals surface area contributed by atoms with Gasteiger partial charge in [-0.15, -0.1) is 34.5 Å². The second-order valence-electron chi connectivity index (χ2n) is 4.24. The first-order valence-corrected chi connectivity index (χ1v) is 8.14. The molecular formula is C17H17F2SiZr. The number of halogens is 2. The van der Waals surface area contributed by atoms with Crippen LogP contribution in [0.15, 0.2) is 66.7 Å². The maximum Gasteiger partial charge on any atom is 3.00 e. The zero-order valence-corrected chi connectivity index (χ0v) is 15.6.